The van der Waals surface area contributed by atoms with Crippen LogP contribution in [0.4, 0.5) is 5.69 Å². The van der Waals surface area contributed by atoms with Gasteiger partial charge >= 0.3 is 0 Å². The molecule has 1 heterocycles. The van der Waals surface area contributed by atoms with Crippen molar-refractivity contribution < 1.29 is 4.79 Å². The Morgan fingerprint density at radius 3 is 2.68 bits per heavy atom. The molecule has 98 valence electrons. The number of anilines is 1. The minimum atomic E-state index is -0.410. The molecule has 0 aliphatic carbocycles. The third kappa shape index (κ3) is 3.10. The number of hydrogen-bond acceptors (Lipinski definition) is 3. The van der Waals surface area contributed by atoms with Crippen LogP contribution in [0.15, 0.2) is 42.6 Å². The average Bonchev–Trinajstić information content (AvgIpc) is 2.41. The maximum atomic E-state index is 11.1. The van der Waals surface area contributed by atoms with Crippen LogP contribution in [0, 0.1) is 6.92 Å². The molecule has 0 fully saturated rings. The van der Waals surface area contributed by atoms with Crippen molar-refractivity contribution in [1.29, 1.82) is 0 Å². The van der Waals surface area contributed by atoms with Gasteiger partial charge in [0.05, 0.1) is 11.7 Å². The number of aromatic nitrogens is 1. The third-order valence-corrected chi connectivity index (χ3v) is 3.01. The average molecular weight is 255 g/mol. The summed E-state index contributed by atoms with van der Waals surface area (Å²) in [5.74, 6) is -0.410. The van der Waals surface area contributed by atoms with Crippen LogP contribution in [-0.2, 0) is 0 Å². The lowest BCUT2D eigenvalue weighted by Crippen LogP contribution is -2.12. The molecule has 0 saturated carbocycles. The van der Waals surface area contributed by atoms with Gasteiger partial charge in [-0.05, 0) is 49.7 Å². The molecule has 0 radical (unpaired) electrons. The molecule has 2 aromatic rings. The largest absolute Gasteiger partial charge is 0.377 e. The molecule has 1 aromatic heterocycles. The first-order chi connectivity index (χ1) is 9.08. The molecular weight excluding hydrogens is 238 g/mol. The highest BCUT2D eigenvalue weighted by atomic mass is 16.1. The summed E-state index contributed by atoms with van der Waals surface area (Å²) in [4.78, 5) is 15.4. The Labute approximate surface area is 112 Å². The van der Waals surface area contributed by atoms with Crippen molar-refractivity contribution in [3.63, 3.8) is 0 Å². The number of nitrogens with zero attached hydrogens (tertiary/aromatic N) is 1. The van der Waals surface area contributed by atoms with Gasteiger partial charge in [0.25, 0.3) is 0 Å². The second-order valence-corrected chi connectivity index (χ2v) is 4.51. The summed E-state index contributed by atoms with van der Waals surface area (Å²) in [5, 5.41) is 3.38. The van der Waals surface area contributed by atoms with E-state index in [4.69, 9.17) is 5.73 Å². The van der Waals surface area contributed by atoms with Crippen LogP contribution in [0.5, 0.6) is 0 Å². The van der Waals surface area contributed by atoms with E-state index in [-0.39, 0.29) is 6.04 Å². The van der Waals surface area contributed by atoms with Gasteiger partial charge in [-0.25, -0.2) is 0 Å². The Hall–Kier alpha value is -2.36. The fraction of sp³-hybridized carbons (Fsp3) is 0.200. The zero-order valence-electron chi connectivity index (χ0n) is 11.1. The fourth-order valence-corrected chi connectivity index (χ4v) is 1.92. The maximum Gasteiger partial charge on any atom is 0.248 e. The van der Waals surface area contributed by atoms with E-state index in [0.717, 1.165) is 16.9 Å². The minimum absolute atomic E-state index is 0.0966. The Morgan fingerprint density at radius 2 is 2.11 bits per heavy atom. The van der Waals surface area contributed by atoms with Gasteiger partial charge in [-0.15, -0.1) is 0 Å². The smallest absolute Gasteiger partial charge is 0.248 e. The van der Waals surface area contributed by atoms with Gasteiger partial charge < -0.3 is 11.1 Å². The predicted octanol–water partition coefficient (Wildman–Crippen LogP) is 2.66. The number of amides is 1. The van der Waals surface area contributed by atoms with E-state index in [0.29, 0.717) is 5.56 Å². The van der Waals surface area contributed by atoms with E-state index in [1.165, 1.54) is 0 Å². The molecule has 2 rings (SSSR count). The van der Waals surface area contributed by atoms with Crippen molar-refractivity contribution in [2.45, 2.75) is 19.9 Å². The van der Waals surface area contributed by atoms with Crippen LogP contribution in [0.25, 0.3) is 0 Å². The van der Waals surface area contributed by atoms with Crippen LogP contribution >= 0.6 is 0 Å². The minimum Gasteiger partial charge on any atom is -0.377 e. The topological polar surface area (TPSA) is 68.0 Å². The lowest BCUT2D eigenvalue weighted by atomic mass is 10.1. The first-order valence-corrected chi connectivity index (χ1v) is 6.16. The van der Waals surface area contributed by atoms with Gasteiger partial charge in [-0.2, -0.15) is 0 Å². The molecule has 0 spiro atoms. The van der Waals surface area contributed by atoms with E-state index in [1.807, 2.05) is 38.1 Å². The maximum absolute atomic E-state index is 11.1. The zero-order valence-corrected chi connectivity index (χ0v) is 11.1. The molecular formula is C15H17N3O. The number of nitrogens with one attached hydrogen (secondary N) is 1. The summed E-state index contributed by atoms with van der Waals surface area (Å²) in [6.45, 7) is 3.99. The highest BCUT2D eigenvalue weighted by molar-refractivity contribution is 5.93. The van der Waals surface area contributed by atoms with E-state index in [9.17, 15) is 4.79 Å². The van der Waals surface area contributed by atoms with Gasteiger partial charge in [0.1, 0.15) is 0 Å². The number of carbonyl (C=O) groups excluding carboxylic acids is 1. The molecule has 0 aliphatic heterocycles. The molecule has 4 nitrogen and oxygen atoms in total. The number of aryl methyl sites for hydroxylation is 1. The highest BCUT2D eigenvalue weighted by Crippen LogP contribution is 2.21. The number of nitrogens with two attached hydrogens (primary N) is 1. The Morgan fingerprint density at radius 1 is 1.32 bits per heavy atom. The number of benzene rings is 1. The van der Waals surface area contributed by atoms with Crippen LogP contribution in [0.2, 0.25) is 0 Å². The summed E-state index contributed by atoms with van der Waals surface area (Å²) in [6.07, 6.45) is 1.77. The zero-order chi connectivity index (χ0) is 13.8. The summed E-state index contributed by atoms with van der Waals surface area (Å²) in [6, 6.07) is 11.3. The first-order valence-electron chi connectivity index (χ1n) is 6.16. The van der Waals surface area contributed by atoms with Gasteiger partial charge in [0, 0.05) is 17.4 Å². The Balaban J connectivity index is 2.18. The van der Waals surface area contributed by atoms with Gasteiger partial charge in [0.15, 0.2) is 0 Å². The summed E-state index contributed by atoms with van der Waals surface area (Å²) < 4.78 is 0. The molecule has 0 saturated heterocycles. The quantitative estimate of drug-likeness (QED) is 0.882. The number of carbonyl (C=O) groups is 1. The molecule has 0 bridgehead atoms. The molecule has 1 aromatic carbocycles. The summed E-state index contributed by atoms with van der Waals surface area (Å²) >= 11 is 0. The number of primary amides is 1. The van der Waals surface area contributed by atoms with Crippen LogP contribution < -0.4 is 11.1 Å². The molecule has 1 amide bonds. The predicted molar refractivity (Wildman–Crippen MR) is 76.0 cm³/mol. The van der Waals surface area contributed by atoms with Crippen molar-refractivity contribution >= 4 is 11.6 Å². The second-order valence-electron chi connectivity index (χ2n) is 4.51. The highest BCUT2D eigenvalue weighted by Gasteiger charge is 2.09. The molecule has 4 heteroatoms. The molecule has 19 heavy (non-hydrogen) atoms. The number of pyridine rings is 1. The lowest BCUT2D eigenvalue weighted by Gasteiger charge is -2.16. The lowest BCUT2D eigenvalue weighted by molar-refractivity contribution is 0.1000. The third-order valence-electron chi connectivity index (χ3n) is 3.01. The molecule has 0 aliphatic rings. The monoisotopic (exact) mass is 255 g/mol. The van der Waals surface area contributed by atoms with Crippen LogP contribution in [0.1, 0.15) is 34.6 Å². The van der Waals surface area contributed by atoms with E-state index >= 15 is 0 Å². The van der Waals surface area contributed by atoms with Gasteiger partial charge in [-0.3, -0.25) is 9.78 Å². The van der Waals surface area contributed by atoms with Crippen molar-refractivity contribution in [3.8, 4) is 0 Å². The fourth-order valence-electron chi connectivity index (χ4n) is 1.92. The van der Waals surface area contributed by atoms with Crippen LogP contribution in [0.3, 0.4) is 0 Å². The number of rotatable bonds is 4. The Bertz CT molecular complexity index is 581. The number of hydrogen-bond donors (Lipinski definition) is 2. The van der Waals surface area contributed by atoms with E-state index in [2.05, 4.69) is 10.3 Å². The van der Waals surface area contributed by atoms with Gasteiger partial charge in [-0.1, -0.05) is 6.07 Å². The standard InChI is InChI=1S/C15H17N3O/c1-10-9-12(15(16)19)6-7-13(10)18-11(2)14-5-3-4-8-17-14/h3-9,11,18H,1-2H3,(H2,16,19). The van der Waals surface area contributed by atoms with E-state index in [1.54, 1.807) is 18.3 Å². The molecule has 3 N–H and O–H groups in total. The van der Waals surface area contributed by atoms with Crippen LogP contribution in [-0.4, -0.2) is 10.9 Å². The van der Waals surface area contributed by atoms with Crippen molar-refractivity contribution in [2.24, 2.45) is 5.73 Å². The SMILES string of the molecule is Cc1cc(C(N)=O)ccc1NC(C)c1ccccn1. The van der Waals surface area contributed by atoms with Gasteiger partial charge in [0.2, 0.25) is 5.91 Å². The normalized spacial score (nSPS) is 11.9. The molecule has 1 atom stereocenters. The second kappa shape index (κ2) is 5.52. The van der Waals surface area contributed by atoms with E-state index < -0.39 is 5.91 Å². The summed E-state index contributed by atoms with van der Waals surface area (Å²) in [5.41, 5.74) is 8.71. The first kappa shape index (κ1) is 13.1. The molecule has 1 unspecified atom stereocenters. The van der Waals surface area contributed by atoms with Crippen molar-refractivity contribution in [3.05, 3.63) is 59.4 Å². The summed E-state index contributed by atoms with van der Waals surface area (Å²) in [7, 11) is 0. The Kier molecular flexibility index (Phi) is 3.80. The van der Waals surface area contributed by atoms with Crippen molar-refractivity contribution in [1.82, 2.24) is 4.98 Å². The van der Waals surface area contributed by atoms with Crippen molar-refractivity contribution in [2.75, 3.05) is 5.32 Å².